The minimum Gasteiger partial charge on any atom is -0.368 e. The number of rotatable bonds is 2. The molecule has 0 saturated heterocycles. The molecular weight excluding hydrogens is 320 g/mol. The van der Waals surface area contributed by atoms with Crippen molar-refractivity contribution in [2.24, 2.45) is 10.7 Å². The molecule has 5 rings (SSSR count). The fraction of sp³-hybridized carbons (Fsp3) is 0.227. The Morgan fingerprint density at radius 1 is 0.885 bits per heavy atom. The normalized spacial score (nSPS) is 16.0. The average molecular weight is 342 g/mol. The third-order valence-corrected chi connectivity index (χ3v) is 5.45. The van der Waals surface area contributed by atoms with Crippen LogP contribution in [0, 0.1) is 0 Å². The van der Waals surface area contributed by atoms with Gasteiger partial charge in [0.05, 0.1) is 11.4 Å². The first-order valence-corrected chi connectivity index (χ1v) is 9.29. The van der Waals surface area contributed by atoms with Crippen molar-refractivity contribution in [1.82, 2.24) is 5.43 Å². The van der Waals surface area contributed by atoms with Crippen LogP contribution < -0.4 is 16.2 Å². The topological polar surface area (TPSA) is 53.6 Å². The first kappa shape index (κ1) is 15.3. The zero-order chi connectivity index (χ0) is 17.5. The van der Waals surface area contributed by atoms with Gasteiger partial charge in [0.15, 0.2) is 0 Å². The number of nitrogens with one attached hydrogen (secondary N) is 1. The number of hydrazine groups is 1. The maximum Gasteiger partial charge on any atom is 0.213 e. The van der Waals surface area contributed by atoms with Crippen molar-refractivity contribution in [3.05, 3.63) is 71.3 Å². The van der Waals surface area contributed by atoms with Crippen molar-refractivity contribution in [1.29, 1.82) is 0 Å². The highest BCUT2D eigenvalue weighted by Gasteiger charge is 2.18. The third kappa shape index (κ3) is 2.49. The van der Waals surface area contributed by atoms with Crippen molar-refractivity contribution in [2.75, 3.05) is 11.6 Å². The Morgan fingerprint density at radius 3 is 2.62 bits per heavy atom. The summed E-state index contributed by atoms with van der Waals surface area (Å²) in [6, 6.07) is 19.2. The lowest BCUT2D eigenvalue weighted by Gasteiger charge is -2.31. The summed E-state index contributed by atoms with van der Waals surface area (Å²) in [4.78, 5) is 4.71. The lowest BCUT2D eigenvalue weighted by molar-refractivity contribution is 0.667. The molecule has 3 aromatic rings. The molecule has 0 spiro atoms. The molecule has 0 bridgehead atoms. The lowest BCUT2D eigenvalue weighted by Crippen LogP contribution is -2.48. The molecule has 0 aromatic heterocycles. The summed E-state index contributed by atoms with van der Waals surface area (Å²) in [7, 11) is 0. The molecule has 0 atom stereocenters. The number of hydrogen-bond donors (Lipinski definition) is 2. The number of nitrogens with zero attached hydrogens (tertiary/aromatic N) is 2. The van der Waals surface area contributed by atoms with Gasteiger partial charge in [0.1, 0.15) is 0 Å². The van der Waals surface area contributed by atoms with Gasteiger partial charge in [-0.15, -0.1) is 0 Å². The highest BCUT2D eigenvalue weighted by atomic mass is 15.5. The fourth-order valence-corrected chi connectivity index (χ4v) is 4.27. The zero-order valence-electron chi connectivity index (χ0n) is 14.7. The fourth-order valence-electron chi connectivity index (χ4n) is 4.27. The Kier molecular flexibility index (Phi) is 3.56. The second kappa shape index (κ2) is 6.06. The zero-order valence-corrected chi connectivity index (χ0v) is 14.7. The summed E-state index contributed by atoms with van der Waals surface area (Å²) < 4.78 is 0. The number of aryl methyl sites for hydroxylation is 3. The van der Waals surface area contributed by atoms with E-state index in [0.29, 0.717) is 5.96 Å². The Balaban J connectivity index is 1.48. The minimum atomic E-state index is 0.431. The maximum absolute atomic E-state index is 6.27. The lowest BCUT2D eigenvalue weighted by atomic mass is 10.0. The van der Waals surface area contributed by atoms with E-state index in [-0.39, 0.29) is 0 Å². The molecule has 130 valence electrons. The summed E-state index contributed by atoms with van der Waals surface area (Å²) in [5, 5.41) is 4.67. The molecule has 26 heavy (non-hydrogen) atoms. The van der Waals surface area contributed by atoms with E-state index in [0.717, 1.165) is 37.9 Å². The number of anilines is 1. The standard InChI is InChI=1S/C22H22N4/c23-22(25-26-14-4-7-15-5-1-2-9-20(15)26)24-19-13-12-17-11-10-16-6-3-8-18(19)21(16)17/h1-3,5-6,8-9,12-13H,4,7,10-11,14H2,(H3,23,24,25). The number of hydrogen-bond acceptors (Lipinski definition) is 2. The number of nitrogens with two attached hydrogens (primary N) is 1. The molecule has 0 fully saturated rings. The second-order valence-electron chi connectivity index (χ2n) is 7.08. The molecule has 0 radical (unpaired) electrons. The van der Waals surface area contributed by atoms with E-state index in [9.17, 15) is 0 Å². The van der Waals surface area contributed by atoms with Crippen LogP contribution in [0.4, 0.5) is 11.4 Å². The van der Waals surface area contributed by atoms with E-state index in [1.54, 1.807) is 0 Å². The van der Waals surface area contributed by atoms with Crippen LogP contribution in [0.5, 0.6) is 0 Å². The number of benzene rings is 3. The first-order chi connectivity index (χ1) is 12.8. The SMILES string of the molecule is NC(=Nc1ccc2c3c(cccc13)CC2)NN1CCCc2ccccc21. The van der Waals surface area contributed by atoms with Crippen LogP contribution in [0.2, 0.25) is 0 Å². The molecule has 1 aliphatic heterocycles. The van der Waals surface area contributed by atoms with Crippen LogP contribution in [0.3, 0.4) is 0 Å². The van der Waals surface area contributed by atoms with Crippen LogP contribution >= 0.6 is 0 Å². The predicted molar refractivity (Wildman–Crippen MR) is 108 cm³/mol. The van der Waals surface area contributed by atoms with Crippen LogP contribution in [0.25, 0.3) is 10.8 Å². The summed E-state index contributed by atoms with van der Waals surface area (Å²) in [5.74, 6) is 0.431. The number of guanidine groups is 1. The highest BCUT2D eigenvalue weighted by molar-refractivity contribution is 6.00. The average Bonchev–Trinajstić information content (AvgIpc) is 3.09. The Labute approximate surface area is 153 Å². The Morgan fingerprint density at radius 2 is 1.69 bits per heavy atom. The molecule has 4 nitrogen and oxygen atoms in total. The molecule has 1 heterocycles. The van der Waals surface area contributed by atoms with Crippen molar-refractivity contribution in [2.45, 2.75) is 25.7 Å². The van der Waals surface area contributed by atoms with Crippen LogP contribution in [0.15, 0.2) is 59.6 Å². The van der Waals surface area contributed by atoms with Crippen molar-refractivity contribution >= 4 is 28.1 Å². The van der Waals surface area contributed by atoms with Gasteiger partial charge in [-0.2, -0.15) is 0 Å². The summed E-state index contributed by atoms with van der Waals surface area (Å²) in [5.41, 5.74) is 15.9. The molecule has 0 saturated carbocycles. The van der Waals surface area contributed by atoms with E-state index >= 15 is 0 Å². The quantitative estimate of drug-likeness (QED) is 0.549. The van der Waals surface area contributed by atoms with Crippen LogP contribution in [-0.2, 0) is 19.3 Å². The van der Waals surface area contributed by atoms with Crippen molar-refractivity contribution in [3.63, 3.8) is 0 Å². The van der Waals surface area contributed by atoms with Gasteiger partial charge in [-0.3, -0.25) is 10.4 Å². The predicted octanol–water partition coefficient (Wildman–Crippen LogP) is 3.84. The molecule has 0 unspecified atom stereocenters. The first-order valence-electron chi connectivity index (χ1n) is 9.29. The smallest absolute Gasteiger partial charge is 0.213 e. The highest BCUT2D eigenvalue weighted by Crippen LogP contribution is 2.36. The Bertz CT molecular complexity index is 1010. The number of para-hydroxylation sites is 1. The third-order valence-electron chi connectivity index (χ3n) is 5.45. The van der Waals surface area contributed by atoms with Gasteiger partial charge in [0.2, 0.25) is 5.96 Å². The molecule has 3 aromatic carbocycles. The molecule has 2 aliphatic rings. The van der Waals surface area contributed by atoms with Gasteiger partial charge < -0.3 is 5.73 Å². The van der Waals surface area contributed by atoms with Crippen LogP contribution in [0.1, 0.15) is 23.1 Å². The molecule has 0 amide bonds. The molecule has 3 N–H and O–H groups in total. The van der Waals surface area contributed by atoms with E-state index in [2.05, 4.69) is 65.0 Å². The van der Waals surface area contributed by atoms with Crippen molar-refractivity contribution in [3.8, 4) is 0 Å². The number of aliphatic imine (C=N–C) groups is 1. The van der Waals surface area contributed by atoms with Gasteiger partial charge in [0, 0.05) is 11.9 Å². The van der Waals surface area contributed by atoms with Gasteiger partial charge in [0.25, 0.3) is 0 Å². The van der Waals surface area contributed by atoms with Crippen molar-refractivity contribution < 1.29 is 0 Å². The molecule has 1 aliphatic carbocycles. The van der Waals surface area contributed by atoms with E-state index in [1.165, 1.54) is 33.2 Å². The number of fused-ring (bicyclic) bond motifs is 1. The van der Waals surface area contributed by atoms with Gasteiger partial charge in [-0.1, -0.05) is 42.5 Å². The van der Waals surface area contributed by atoms with Gasteiger partial charge in [-0.05, 0) is 59.9 Å². The Hall–Kier alpha value is -3.01. The van der Waals surface area contributed by atoms with Gasteiger partial charge in [-0.25, -0.2) is 4.99 Å². The second-order valence-corrected chi connectivity index (χ2v) is 7.08. The van der Waals surface area contributed by atoms with E-state index < -0.39 is 0 Å². The maximum atomic E-state index is 6.27. The van der Waals surface area contributed by atoms with Gasteiger partial charge >= 0.3 is 0 Å². The largest absolute Gasteiger partial charge is 0.368 e. The monoisotopic (exact) mass is 342 g/mol. The van der Waals surface area contributed by atoms with Crippen LogP contribution in [-0.4, -0.2) is 12.5 Å². The van der Waals surface area contributed by atoms with E-state index in [1.807, 2.05) is 0 Å². The summed E-state index contributed by atoms with van der Waals surface area (Å²) >= 11 is 0. The minimum absolute atomic E-state index is 0.431. The summed E-state index contributed by atoms with van der Waals surface area (Å²) in [6.07, 6.45) is 4.47. The molecule has 4 heteroatoms. The van der Waals surface area contributed by atoms with E-state index in [4.69, 9.17) is 10.7 Å². The molecular formula is C22H22N4. The summed E-state index contributed by atoms with van der Waals surface area (Å²) in [6.45, 7) is 0.928.